The monoisotopic (exact) mass is 286 g/mol. The van der Waals surface area contributed by atoms with Crippen LogP contribution in [0.3, 0.4) is 0 Å². The van der Waals surface area contributed by atoms with E-state index in [0.29, 0.717) is 12.6 Å². The smallest absolute Gasteiger partial charge is 0.305 e. The molecule has 0 atom stereocenters. The van der Waals surface area contributed by atoms with Crippen LogP contribution in [0.5, 0.6) is 0 Å². The van der Waals surface area contributed by atoms with E-state index < -0.39 is 22.2 Å². The molecule has 1 N–H and O–H groups in total. The zero-order valence-corrected chi connectivity index (χ0v) is 11.1. The standard InChI is InChI=1S/C13H16F2N2O3/c1-20-13(3-2-4-13)8-16-7-9-5-12(17(18)19)11(15)6-10(9)14/h5-6,16H,2-4,7-8H2,1H3. The van der Waals surface area contributed by atoms with E-state index in [2.05, 4.69) is 5.32 Å². The number of rotatable bonds is 6. The molecule has 2 rings (SSSR count). The Morgan fingerprint density at radius 1 is 1.40 bits per heavy atom. The number of benzene rings is 1. The van der Waals surface area contributed by atoms with Crippen molar-refractivity contribution in [3.63, 3.8) is 0 Å². The fourth-order valence-corrected chi connectivity index (χ4v) is 2.31. The summed E-state index contributed by atoms with van der Waals surface area (Å²) < 4.78 is 32.1. The Labute approximate surface area is 115 Å². The number of halogens is 2. The second kappa shape index (κ2) is 5.80. The van der Waals surface area contributed by atoms with Gasteiger partial charge in [-0.25, -0.2) is 4.39 Å². The van der Waals surface area contributed by atoms with Crippen LogP contribution in [0.4, 0.5) is 14.5 Å². The Morgan fingerprint density at radius 2 is 2.10 bits per heavy atom. The first-order valence-electron chi connectivity index (χ1n) is 6.36. The molecule has 0 amide bonds. The van der Waals surface area contributed by atoms with Crippen LogP contribution in [0.2, 0.25) is 0 Å². The molecule has 1 fully saturated rings. The highest BCUT2D eigenvalue weighted by Gasteiger charge is 2.36. The van der Waals surface area contributed by atoms with Crippen molar-refractivity contribution < 1.29 is 18.4 Å². The third-order valence-corrected chi connectivity index (χ3v) is 3.77. The Kier molecular flexibility index (Phi) is 4.29. The molecule has 110 valence electrons. The van der Waals surface area contributed by atoms with Gasteiger partial charge in [0.2, 0.25) is 5.82 Å². The number of nitro benzene ring substituents is 1. The van der Waals surface area contributed by atoms with Crippen LogP contribution in [-0.2, 0) is 11.3 Å². The van der Waals surface area contributed by atoms with Gasteiger partial charge in [0.15, 0.2) is 0 Å². The van der Waals surface area contributed by atoms with Crippen molar-refractivity contribution in [1.82, 2.24) is 5.32 Å². The van der Waals surface area contributed by atoms with Gasteiger partial charge in [-0.3, -0.25) is 10.1 Å². The van der Waals surface area contributed by atoms with E-state index in [-0.39, 0.29) is 17.7 Å². The third kappa shape index (κ3) is 2.94. The van der Waals surface area contributed by atoms with Crippen molar-refractivity contribution in [2.75, 3.05) is 13.7 Å². The van der Waals surface area contributed by atoms with Crippen LogP contribution in [0.1, 0.15) is 24.8 Å². The van der Waals surface area contributed by atoms with Gasteiger partial charge in [-0.15, -0.1) is 0 Å². The number of nitro groups is 1. The first-order valence-corrected chi connectivity index (χ1v) is 6.36. The van der Waals surface area contributed by atoms with Gasteiger partial charge in [0.05, 0.1) is 10.5 Å². The molecule has 0 aliphatic heterocycles. The zero-order valence-electron chi connectivity index (χ0n) is 11.1. The van der Waals surface area contributed by atoms with Crippen molar-refractivity contribution in [3.05, 3.63) is 39.4 Å². The number of nitrogens with one attached hydrogen (secondary N) is 1. The molecule has 0 bridgehead atoms. The number of nitrogens with zero attached hydrogens (tertiary/aromatic N) is 1. The first kappa shape index (κ1) is 14.8. The lowest BCUT2D eigenvalue weighted by Gasteiger charge is -2.40. The van der Waals surface area contributed by atoms with Crippen LogP contribution >= 0.6 is 0 Å². The summed E-state index contributed by atoms with van der Waals surface area (Å²) in [6.45, 7) is 0.631. The maximum atomic E-state index is 13.6. The predicted molar refractivity (Wildman–Crippen MR) is 68.3 cm³/mol. The van der Waals surface area contributed by atoms with Crippen molar-refractivity contribution in [3.8, 4) is 0 Å². The number of ether oxygens (including phenoxy) is 1. The number of hydrogen-bond acceptors (Lipinski definition) is 4. The lowest BCUT2D eigenvalue weighted by atomic mass is 9.80. The maximum absolute atomic E-state index is 13.6. The highest BCUT2D eigenvalue weighted by molar-refractivity contribution is 5.37. The van der Waals surface area contributed by atoms with Crippen LogP contribution < -0.4 is 5.32 Å². The third-order valence-electron chi connectivity index (χ3n) is 3.77. The fourth-order valence-electron chi connectivity index (χ4n) is 2.31. The molecule has 1 aromatic carbocycles. The SMILES string of the molecule is COC1(CNCc2cc([N+](=O)[O-])c(F)cc2F)CCC1. The van der Waals surface area contributed by atoms with Gasteiger partial charge in [-0.05, 0) is 19.3 Å². The largest absolute Gasteiger partial charge is 0.377 e. The minimum atomic E-state index is -1.16. The van der Waals surface area contributed by atoms with E-state index >= 15 is 0 Å². The van der Waals surface area contributed by atoms with E-state index in [4.69, 9.17) is 4.74 Å². The molecule has 0 unspecified atom stereocenters. The van der Waals surface area contributed by atoms with E-state index in [1.54, 1.807) is 7.11 Å². The molecule has 0 aromatic heterocycles. The van der Waals surface area contributed by atoms with Crippen LogP contribution in [0, 0.1) is 21.7 Å². The minimum absolute atomic E-state index is 0.0728. The predicted octanol–water partition coefficient (Wildman–Crippen LogP) is 2.53. The molecule has 1 aliphatic rings. The van der Waals surface area contributed by atoms with Gasteiger partial charge < -0.3 is 10.1 Å². The molecule has 1 aliphatic carbocycles. The van der Waals surface area contributed by atoms with Crippen molar-refractivity contribution >= 4 is 5.69 Å². The summed E-state index contributed by atoms with van der Waals surface area (Å²) in [6.07, 6.45) is 2.96. The van der Waals surface area contributed by atoms with E-state index in [0.717, 1.165) is 25.3 Å². The Bertz CT molecular complexity index is 513. The molecular formula is C13H16F2N2O3. The van der Waals surface area contributed by atoms with Gasteiger partial charge in [0, 0.05) is 37.9 Å². The Balaban J connectivity index is 2.02. The lowest BCUT2D eigenvalue weighted by molar-refractivity contribution is -0.387. The van der Waals surface area contributed by atoms with Crippen LogP contribution in [0.25, 0.3) is 0 Å². The summed E-state index contributed by atoms with van der Waals surface area (Å²) in [5, 5.41) is 13.6. The summed E-state index contributed by atoms with van der Waals surface area (Å²) in [5.74, 6) is -1.95. The Morgan fingerprint density at radius 3 is 2.60 bits per heavy atom. The van der Waals surface area contributed by atoms with Crippen LogP contribution in [-0.4, -0.2) is 24.2 Å². The molecule has 5 nitrogen and oxygen atoms in total. The van der Waals surface area contributed by atoms with E-state index in [1.165, 1.54) is 0 Å². The first-order chi connectivity index (χ1) is 9.47. The summed E-state index contributed by atoms with van der Waals surface area (Å²) >= 11 is 0. The van der Waals surface area contributed by atoms with Crippen LogP contribution in [0.15, 0.2) is 12.1 Å². The van der Waals surface area contributed by atoms with E-state index in [9.17, 15) is 18.9 Å². The second-order valence-corrected chi connectivity index (χ2v) is 5.00. The van der Waals surface area contributed by atoms with Crippen molar-refractivity contribution in [1.29, 1.82) is 0 Å². The zero-order chi connectivity index (χ0) is 14.8. The van der Waals surface area contributed by atoms with Gasteiger partial charge in [-0.1, -0.05) is 0 Å². The molecule has 1 aromatic rings. The van der Waals surface area contributed by atoms with E-state index in [1.807, 2.05) is 0 Å². The molecule has 7 heteroatoms. The fraction of sp³-hybridized carbons (Fsp3) is 0.538. The molecule has 0 heterocycles. The molecular weight excluding hydrogens is 270 g/mol. The molecule has 1 saturated carbocycles. The molecule has 0 saturated heterocycles. The minimum Gasteiger partial charge on any atom is -0.377 e. The quantitative estimate of drug-likeness (QED) is 0.644. The van der Waals surface area contributed by atoms with Crippen molar-refractivity contribution in [2.24, 2.45) is 0 Å². The van der Waals surface area contributed by atoms with Gasteiger partial charge in [0.1, 0.15) is 5.82 Å². The average Bonchev–Trinajstić information content (AvgIpc) is 2.34. The number of methoxy groups -OCH3 is 1. The van der Waals surface area contributed by atoms with Gasteiger partial charge in [0.25, 0.3) is 0 Å². The van der Waals surface area contributed by atoms with Gasteiger partial charge >= 0.3 is 5.69 Å². The summed E-state index contributed by atoms with van der Waals surface area (Å²) in [7, 11) is 1.63. The molecule has 20 heavy (non-hydrogen) atoms. The highest BCUT2D eigenvalue weighted by Crippen LogP contribution is 2.34. The normalized spacial score (nSPS) is 16.8. The highest BCUT2D eigenvalue weighted by atomic mass is 19.1. The van der Waals surface area contributed by atoms with Gasteiger partial charge in [-0.2, -0.15) is 4.39 Å². The lowest BCUT2D eigenvalue weighted by Crippen LogP contribution is -2.47. The number of hydrogen-bond donors (Lipinski definition) is 1. The van der Waals surface area contributed by atoms with Crippen molar-refractivity contribution in [2.45, 2.75) is 31.4 Å². The Hall–Kier alpha value is -1.60. The summed E-state index contributed by atoms with van der Waals surface area (Å²) in [5.41, 5.74) is -0.861. The summed E-state index contributed by atoms with van der Waals surface area (Å²) in [6, 6.07) is 1.47. The summed E-state index contributed by atoms with van der Waals surface area (Å²) in [4.78, 5) is 9.76. The molecule has 0 spiro atoms. The molecule has 0 radical (unpaired) electrons. The second-order valence-electron chi connectivity index (χ2n) is 5.00. The topological polar surface area (TPSA) is 64.4 Å². The maximum Gasteiger partial charge on any atom is 0.305 e. The average molecular weight is 286 g/mol.